The number of hydrogen-bond acceptors (Lipinski definition) is 2. The Labute approximate surface area is 148 Å². The van der Waals surface area contributed by atoms with Gasteiger partial charge in [0.2, 0.25) is 0 Å². The number of hydrogen-bond donors (Lipinski definition) is 1. The van der Waals surface area contributed by atoms with E-state index in [1.54, 1.807) is 12.1 Å². The highest BCUT2D eigenvalue weighted by molar-refractivity contribution is 5.74. The summed E-state index contributed by atoms with van der Waals surface area (Å²) >= 11 is 0. The molecule has 2 aromatic carbocycles. The maximum atomic E-state index is 13.6. The molecule has 1 aliphatic rings. The molecule has 0 saturated carbocycles. The molecule has 1 N–H and O–H groups in total. The zero-order chi connectivity index (χ0) is 17.5. The van der Waals surface area contributed by atoms with Crippen molar-refractivity contribution in [1.82, 2.24) is 15.1 Å². The highest BCUT2D eigenvalue weighted by atomic mass is 19.1. The number of carbonyl (C=O) groups excluding carboxylic acids is 1. The van der Waals surface area contributed by atoms with Gasteiger partial charge in [-0.05, 0) is 23.6 Å². The Morgan fingerprint density at radius 1 is 0.960 bits per heavy atom. The number of carbonyl (C=O) groups is 1. The standard InChI is InChI=1S/C20H24FN3O/c21-19-9-5-4-8-18(19)10-11-22-20(25)24-14-12-23(13-15-24)16-17-6-2-1-3-7-17/h1-9H,10-16H2,(H,22,25). The maximum absolute atomic E-state index is 13.6. The molecule has 1 heterocycles. The van der Waals surface area contributed by atoms with Crippen LogP contribution in [0.1, 0.15) is 11.1 Å². The van der Waals surface area contributed by atoms with Crippen LogP contribution < -0.4 is 5.32 Å². The van der Waals surface area contributed by atoms with Crippen molar-refractivity contribution in [3.8, 4) is 0 Å². The minimum absolute atomic E-state index is 0.0595. The molecule has 3 rings (SSSR count). The van der Waals surface area contributed by atoms with E-state index in [1.165, 1.54) is 11.6 Å². The third-order valence-electron chi connectivity index (χ3n) is 4.54. The van der Waals surface area contributed by atoms with Gasteiger partial charge < -0.3 is 10.2 Å². The highest BCUT2D eigenvalue weighted by Crippen LogP contribution is 2.09. The molecule has 0 atom stereocenters. The first-order valence-corrected chi connectivity index (χ1v) is 8.75. The second-order valence-corrected chi connectivity index (χ2v) is 6.32. The van der Waals surface area contributed by atoms with Gasteiger partial charge in [-0.1, -0.05) is 48.5 Å². The van der Waals surface area contributed by atoms with E-state index in [0.717, 1.165) is 32.7 Å². The minimum atomic E-state index is -0.216. The van der Waals surface area contributed by atoms with E-state index >= 15 is 0 Å². The summed E-state index contributed by atoms with van der Waals surface area (Å²) in [4.78, 5) is 16.4. The van der Waals surface area contributed by atoms with Gasteiger partial charge >= 0.3 is 6.03 Å². The second-order valence-electron chi connectivity index (χ2n) is 6.32. The Morgan fingerprint density at radius 2 is 1.64 bits per heavy atom. The second kappa shape index (κ2) is 8.62. The van der Waals surface area contributed by atoms with Crippen LogP contribution >= 0.6 is 0 Å². The quantitative estimate of drug-likeness (QED) is 0.908. The molecule has 0 aromatic heterocycles. The molecule has 0 unspecified atom stereocenters. The molecule has 25 heavy (non-hydrogen) atoms. The highest BCUT2D eigenvalue weighted by Gasteiger charge is 2.20. The SMILES string of the molecule is O=C(NCCc1ccccc1F)N1CCN(Cc2ccccc2)CC1. The fraction of sp³-hybridized carbons (Fsp3) is 0.350. The van der Waals surface area contributed by atoms with Crippen molar-refractivity contribution in [2.24, 2.45) is 0 Å². The van der Waals surface area contributed by atoms with Crippen LogP contribution in [0.25, 0.3) is 0 Å². The summed E-state index contributed by atoms with van der Waals surface area (Å²) in [5.74, 6) is -0.216. The van der Waals surface area contributed by atoms with Gasteiger partial charge in [-0.25, -0.2) is 9.18 Å². The predicted octanol–water partition coefficient (Wildman–Crippen LogP) is 2.90. The molecule has 1 fully saturated rings. The third kappa shape index (κ3) is 5.03. The Hall–Kier alpha value is -2.40. The Balaban J connectivity index is 1.39. The fourth-order valence-electron chi connectivity index (χ4n) is 3.07. The summed E-state index contributed by atoms with van der Waals surface area (Å²) in [5, 5.41) is 2.89. The molecular weight excluding hydrogens is 317 g/mol. The lowest BCUT2D eigenvalue weighted by Gasteiger charge is -2.34. The number of nitrogens with zero attached hydrogens (tertiary/aromatic N) is 2. The van der Waals surface area contributed by atoms with Crippen molar-refractivity contribution in [2.75, 3.05) is 32.7 Å². The van der Waals surface area contributed by atoms with Crippen LogP contribution in [-0.4, -0.2) is 48.6 Å². The number of urea groups is 1. The van der Waals surface area contributed by atoms with E-state index in [4.69, 9.17) is 0 Å². The first-order chi connectivity index (χ1) is 12.2. The average Bonchev–Trinajstić information content (AvgIpc) is 2.65. The molecule has 1 aliphatic heterocycles. The van der Waals surface area contributed by atoms with Crippen LogP contribution in [0.3, 0.4) is 0 Å². The van der Waals surface area contributed by atoms with Crippen molar-refractivity contribution in [2.45, 2.75) is 13.0 Å². The minimum Gasteiger partial charge on any atom is -0.338 e. The van der Waals surface area contributed by atoms with Gasteiger partial charge in [-0.3, -0.25) is 4.90 Å². The third-order valence-corrected chi connectivity index (χ3v) is 4.54. The molecule has 0 spiro atoms. The van der Waals surface area contributed by atoms with Crippen LogP contribution in [0, 0.1) is 5.82 Å². The normalized spacial score (nSPS) is 15.2. The van der Waals surface area contributed by atoms with E-state index in [2.05, 4.69) is 34.5 Å². The lowest BCUT2D eigenvalue weighted by Crippen LogP contribution is -2.51. The lowest BCUT2D eigenvalue weighted by atomic mass is 10.1. The van der Waals surface area contributed by atoms with E-state index < -0.39 is 0 Å². The van der Waals surface area contributed by atoms with Crippen molar-refractivity contribution in [3.63, 3.8) is 0 Å². The Morgan fingerprint density at radius 3 is 2.36 bits per heavy atom. The molecule has 0 bridgehead atoms. The zero-order valence-corrected chi connectivity index (χ0v) is 14.3. The van der Waals surface area contributed by atoms with E-state index in [9.17, 15) is 9.18 Å². The molecule has 0 aliphatic carbocycles. The molecule has 0 radical (unpaired) electrons. The topological polar surface area (TPSA) is 35.6 Å². The van der Waals surface area contributed by atoms with Crippen molar-refractivity contribution >= 4 is 6.03 Å². The maximum Gasteiger partial charge on any atom is 0.317 e. The first-order valence-electron chi connectivity index (χ1n) is 8.75. The van der Waals surface area contributed by atoms with Crippen LogP contribution in [0.5, 0.6) is 0 Å². The van der Waals surface area contributed by atoms with Crippen molar-refractivity contribution in [1.29, 1.82) is 0 Å². The van der Waals surface area contributed by atoms with Gasteiger partial charge in [0, 0.05) is 39.3 Å². The van der Waals surface area contributed by atoms with Gasteiger partial charge in [0.15, 0.2) is 0 Å². The summed E-state index contributed by atoms with van der Waals surface area (Å²) < 4.78 is 13.6. The van der Waals surface area contributed by atoms with Crippen LogP contribution in [0.2, 0.25) is 0 Å². The van der Waals surface area contributed by atoms with Gasteiger partial charge in [0.1, 0.15) is 5.82 Å². The summed E-state index contributed by atoms with van der Waals surface area (Å²) in [7, 11) is 0. The molecule has 5 heteroatoms. The van der Waals surface area contributed by atoms with Crippen LogP contribution in [0.15, 0.2) is 54.6 Å². The molecule has 4 nitrogen and oxygen atoms in total. The van der Waals surface area contributed by atoms with Gasteiger partial charge in [-0.2, -0.15) is 0 Å². The number of piperazine rings is 1. The zero-order valence-electron chi connectivity index (χ0n) is 14.3. The largest absolute Gasteiger partial charge is 0.338 e. The lowest BCUT2D eigenvalue weighted by molar-refractivity contribution is 0.135. The smallest absolute Gasteiger partial charge is 0.317 e. The fourth-order valence-corrected chi connectivity index (χ4v) is 3.07. The number of rotatable bonds is 5. The molecule has 2 amide bonds. The number of nitrogens with one attached hydrogen (secondary N) is 1. The van der Waals surface area contributed by atoms with Gasteiger partial charge in [0.25, 0.3) is 0 Å². The van der Waals surface area contributed by atoms with Crippen molar-refractivity contribution in [3.05, 3.63) is 71.5 Å². The predicted molar refractivity (Wildman–Crippen MR) is 96.8 cm³/mol. The average molecular weight is 341 g/mol. The summed E-state index contributed by atoms with van der Waals surface area (Å²) in [5.41, 5.74) is 1.93. The van der Waals surface area contributed by atoms with Gasteiger partial charge in [0.05, 0.1) is 0 Å². The molecule has 1 saturated heterocycles. The number of amides is 2. The summed E-state index contributed by atoms with van der Waals surface area (Å²) in [6, 6.07) is 17.0. The first kappa shape index (κ1) is 17.4. The van der Waals surface area contributed by atoms with E-state index in [-0.39, 0.29) is 11.8 Å². The Bertz CT molecular complexity index is 684. The molecular formula is C20H24FN3O. The molecule has 132 valence electrons. The number of benzene rings is 2. The Kier molecular flexibility index (Phi) is 6.01. The molecule has 2 aromatic rings. The monoisotopic (exact) mass is 341 g/mol. The van der Waals surface area contributed by atoms with Gasteiger partial charge in [-0.15, -0.1) is 0 Å². The summed E-state index contributed by atoms with van der Waals surface area (Å²) in [6.45, 7) is 4.55. The van der Waals surface area contributed by atoms with Crippen LogP contribution in [0.4, 0.5) is 9.18 Å². The van der Waals surface area contributed by atoms with E-state index in [0.29, 0.717) is 18.5 Å². The van der Waals surface area contributed by atoms with Crippen molar-refractivity contribution < 1.29 is 9.18 Å². The summed E-state index contributed by atoms with van der Waals surface area (Å²) in [6.07, 6.45) is 0.506. The number of halogens is 1. The van der Waals surface area contributed by atoms with E-state index in [1.807, 2.05) is 17.0 Å². The van der Waals surface area contributed by atoms with Crippen LogP contribution in [-0.2, 0) is 13.0 Å².